The highest BCUT2D eigenvalue weighted by atomic mass is 32.2. The summed E-state index contributed by atoms with van der Waals surface area (Å²) < 4.78 is 61.3. The molecule has 0 amide bonds. The maximum absolute atomic E-state index is 13.1. The number of nitriles is 3. The van der Waals surface area contributed by atoms with Crippen LogP contribution in [0.1, 0.15) is 0 Å². The molecule has 0 bridgehead atoms. The minimum atomic E-state index is -5.16. The van der Waals surface area contributed by atoms with E-state index in [1.165, 1.54) is 18.2 Å². The molecule has 112 valence electrons. The SMILES string of the molecule is N#CC(C#N)=C(C#N)Nc1ccc(F)cc1S(=O)(=O)C(F)F. The fraction of sp³-hybridized carbons (Fsp3) is 0.0833. The Hall–Kier alpha value is -3.03. The minimum absolute atomic E-state index is 0.344. The van der Waals surface area contributed by atoms with Crippen molar-refractivity contribution in [1.82, 2.24) is 0 Å². The van der Waals surface area contributed by atoms with E-state index < -0.39 is 43.3 Å². The highest BCUT2D eigenvalue weighted by Crippen LogP contribution is 2.28. The third-order valence-corrected chi connectivity index (χ3v) is 3.75. The van der Waals surface area contributed by atoms with E-state index in [1.807, 2.05) is 0 Å². The largest absolute Gasteiger partial charge is 0.344 e. The van der Waals surface area contributed by atoms with Gasteiger partial charge < -0.3 is 5.32 Å². The number of nitrogens with zero attached hydrogens (tertiary/aromatic N) is 3. The average Bonchev–Trinajstić information content (AvgIpc) is 2.48. The Morgan fingerprint density at radius 2 is 1.73 bits per heavy atom. The molecule has 0 radical (unpaired) electrons. The summed E-state index contributed by atoms with van der Waals surface area (Å²) in [7, 11) is -5.16. The molecular weight excluding hydrogens is 321 g/mol. The summed E-state index contributed by atoms with van der Waals surface area (Å²) in [5.74, 6) is -4.90. The molecule has 1 aromatic carbocycles. The molecule has 0 saturated carbocycles. The van der Waals surface area contributed by atoms with Crippen LogP contribution in [0.5, 0.6) is 0 Å². The first-order chi connectivity index (χ1) is 10.3. The zero-order chi connectivity index (χ0) is 16.9. The molecule has 22 heavy (non-hydrogen) atoms. The summed E-state index contributed by atoms with van der Waals surface area (Å²) in [5.41, 5.74) is -1.89. The van der Waals surface area contributed by atoms with E-state index in [1.54, 1.807) is 0 Å². The minimum Gasteiger partial charge on any atom is -0.344 e. The Morgan fingerprint density at radius 1 is 1.14 bits per heavy atom. The van der Waals surface area contributed by atoms with Gasteiger partial charge in [-0.25, -0.2) is 12.8 Å². The van der Waals surface area contributed by atoms with Gasteiger partial charge in [0, 0.05) is 0 Å². The van der Waals surface area contributed by atoms with Gasteiger partial charge in [-0.05, 0) is 18.2 Å². The topological polar surface area (TPSA) is 118 Å². The normalized spacial score (nSPS) is 10.2. The summed E-state index contributed by atoms with van der Waals surface area (Å²) >= 11 is 0. The molecule has 0 aliphatic rings. The van der Waals surface area contributed by atoms with E-state index in [0.717, 1.165) is 12.1 Å². The van der Waals surface area contributed by atoms with Crippen LogP contribution >= 0.6 is 0 Å². The highest BCUT2D eigenvalue weighted by molar-refractivity contribution is 7.91. The number of halogens is 3. The zero-order valence-electron chi connectivity index (χ0n) is 10.5. The van der Waals surface area contributed by atoms with E-state index in [2.05, 4.69) is 5.32 Å². The Bertz CT molecular complexity index is 842. The van der Waals surface area contributed by atoms with Gasteiger partial charge in [0.15, 0.2) is 5.57 Å². The predicted molar refractivity (Wildman–Crippen MR) is 67.1 cm³/mol. The molecule has 6 nitrogen and oxygen atoms in total. The molecule has 0 unspecified atom stereocenters. The van der Waals surface area contributed by atoms with E-state index >= 15 is 0 Å². The smallest absolute Gasteiger partial charge is 0.341 e. The highest BCUT2D eigenvalue weighted by Gasteiger charge is 2.30. The molecule has 0 spiro atoms. The molecule has 0 saturated heterocycles. The number of benzene rings is 1. The maximum atomic E-state index is 13.1. The second-order valence-electron chi connectivity index (χ2n) is 3.66. The van der Waals surface area contributed by atoms with Crippen LogP contribution in [-0.4, -0.2) is 14.2 Å². The van der Waals surface area contributed by atoms with Crippen molar-refractivity contribution in [3.8, 4) is 18.2 Å². The van der Waals surface area contributed by atoms with Gasteiger partial charge >= 0.3 is 5.76 Å². The lowest BCUT2D eigenvalue weighted by Crippen LogP contribution is -2.15. The Labute approximate surface area is 123 Å². The first-order valence-electron chi connectivity index (χ1n) is 5.31. The lowest BCUT2D eigenvalue weighted by molar-refractivity contribution is 0.235. The summed E-state index contributed by atoms with van der Waals surface area (Å²) in [6.07, 6.45) is 0. The van der Waals surface area contributed by atoms with Crippen LogP contribution in [0, 0.1) is 39.8 Å². The summed E-state index contributed by atoms with van der Waals surface area (Å²) in [6.45, 7) is 0. The maximum Gasteiger partial charge on any atom is 0.341 e. The van der Waals surface area contributed by atoms with E-state index in [0.29, 0.717) is 6.07 Å². The number of alkyl halides is 2. The van der Waals surface area contributed by atoms with Crippen molar-refractivity contribution in [3.05, 3.63) is 35.3 Å². The van der Waals surface area contributed by atoms with Crippen LogP contribution in [0.25, 0.3) is 0 Å². The monoisotopic (exact) mass is 326 g/mol. The fourth-order valence-corrected chi connectivity index (χ4v) is 2.24. The van der Waals surface area contributed by atoms with Gasteiger partial charge in [0.1, 0.15) is 29.7 Å². The van der Waals surface area contributed by atoms with E-state index in [9.17, 15) is 21.6 Å². The Morgan fingerprint density at radius 3 is 2.18 bits per heavy atom. The third-order valence-electron chi connectivity index (χ3n) is 2.33. The first-order valence-corrected chi connectivity index (χ1v) is 6.85. The van der Waals surface area contributed by atoms with E-state index in [4.69, 9.17) is 15.8 Å². The summed E-state index contributed by atoms with van der Waals surface area (Å²) in [5, 5.41) is 28.2. The second-order valence-corrected chi connectivity index (χ2v) is 5.54. The van der Waals surface area contributed by atoms with Crippen molar-refractivity contribution in [2.45, 2.75) is 10.7 Å². The van der Waals surface area contributed by atoms with Crippen LogP contribution < -0.4 is 5.32 Å². The Balaban J connectivity index is 3.54. The quantitative estimate of drug-likeness (QED) is 0.846. The molecule has 0 aliphatic carbocycles. The Kier molecular flexibility index (Phi) is 5.12. The fourth-order valence-electron chi connectivity index (χ4n) is 1.35. The summed E-state index contributed by atoms with van der Waals surface area (Å²) in [4.78, 5) is -1.09. The van der Waals surface area contributed by atoms with Crippen molar-refractivity contribution in [3.63, 3.8) is 0 Å². The lowest BCUT2D eigenvalue weighted by atomic mass is 10.2. The van der Waals surface area contributed by atoms with Gasteiger partial charge in [-0.2, -0.15) is 24.6 Å². The second kappa shape index (κ2) is 6.61. The number of hydrogen-bond acceptors (Lipinski definition) is 6. The third kappa shape index (κ3) is 3.35. The molecule has 1 aromatic rings. The number of allylic oxidation sites excluding steroid dienone is 2. The predicted octanol–water partition coefficient (Wildman–Crippen LogP) is 2.06. The molecule has 1 rings (SSSR count). The van der Waals surface area contributed by atoms with Gasteiger partial charge in [0.2, 0.25) is 9.84 Å². The average molecular weight is 326 g/mol. The molecule has 1 N–H and O–H groups in total. The number of rotatable bonds is 4. The van der Waals surface area contributed by atoms with Crippen molar-refractivity contribution in [2.75, 3.05) is 5.32 Å². The number of nitrogens with one attached hydrogen (secondary N) is 1. The number of hydrogen-bond donors (Lipinski definition) is 1. The van der Waals surface area contributed by atoms with Gasteiger partial charge in [0.05, 0.1) is 10.6 Å². The molecule has 0 atom stereocenters. The van der Waals surface area contributed by atoms with Gasteiger partial charge in [-0.1, -0.05) is 0 Å². The van der Waals surface area contributed by atoms with Gasteiger partial charge in [0.25, 0.3) is 0 Å². The van der Waals surface area contributed by atoms with Crippen molar-refractivity contribution in [1.29, 1.82) is 15.8 Å². The molecular formula is C12H5F3N4O2S. The van der Waals surface area contributed by atoms with Crippen molar-refractivity contribution < 1.29 is 21.6 Å². The van der Waals surface area contributed by atoms with Crippen LogP contribution in [0.2, 0.25) is 0 Å². The van der Waals surface area contributed by atoms with Crippen molar-refractivity contribution in [2.24, 2.45) is 0 Å². The number of sulfone groups is 1. The molecule has 0 fully saturated rings. The summed E-state index contributed by atoms with van der Waals surface area (Å²) in [6, 6.07) is 6.09. The van der Waals surface area contributed by atoms with Crippen LogP contribution in [0.15, 0.2) is 34.4 Å². The lowest BCUT2D eigenvalue weighted by Gasteiger charge is -2.11. The number of anilines is 1. The van der Waals surface area contributed by atoms with Gasteiger partial charge in [-0.15, -0.1) is 0 Å². The molecule has 0 aliphatic heterocycles. The molecule has 0 aromatic heterocycles. The molecule has 10 heteroatoms. The zero-order valence-corrected chi connectivity index (χ0v) is 11.3. The van der Waals surface area contributed by atoms with Crippen molar-refractivity contribution >= 4 is 15.5 Å². The van der Waals surface area contributed by atoms with Crippen LogP contribution in [0.4, 0.5) is 18.9 Å². The van der Waals surface area contributed by atoms with Gasteiger partial charge in [-0.3, -0.25) is 0 Å². The first kappa shape index (κ1) is 17.0. The van der Waals surface area contributed by atoms with Crippen LogP contribution in [-0.2, 0) is 9.84 Å². The standard InChI is InChI=1S/C12H5F3N4O2S/c13-8-1-2-9(11(3-8)22(20,21)12(14)15)19-10(6-18)7(4-16)5-17/h1-3,12,19H. The van der Waals surface area contributed by atoms with E-state index in [-0.39, 0.29) is 0 Å². The van der Waals surface area contributed by atoms with Crippen LogP contribution in [0.3, 0.4) is 0 Å². The molecule has 0 heterocycles.